The predicted octanol–water partition coefficient (Wildman–Crippen LogP) is 3.67. The molecule has 1 aromatic carbocycles. The number of aromatic hydroxyl groups is 1. The van der Waals surface area contributed by atoms with Gasteiger partial charge in [-0.25, -0.2) is 0 Å². The molecule has 0 saturated heterocycles. The van der Waals surface area contributed by atoms with Crippen LogP contribution < -0.4 is 10.1 Å². The van der Waals surface area contributed by atoms with E-state index in [0.717, 1.165) is 11.3 Å². The van der Waals surface area contributed by atoms with E-state index in [2.05, 4.69) is 21.2 Å². The molecule has 0 aliphatic carbocycles. The molecule has 0 fully saturated rings. The van der Waals surface area contributed by atoms with Gasteiger partial charge in [0.2, 0.25) is 0 Å². The zero-order valence-corrected chi connectivity index (χ0v) is 16.5. The number of hydrogen-bond donors (Lipinski definition) is 2. The molecule has 0 spiro atoms. The lowest BCUT2D eigenvalue weighted by atomic mass is 9.92. The summed E-state index contributed by atoms with van der Waals surface area (Å²) in [5.41, 5.74) is 2.30. The second-order valence-electron chi connectivity index (χ2n) is 5.46. The predicted molar refractivity (Wildman–Crippen MR) is 101 cm³/mol. The number of benzene rings is 1. The summed E-state index contributed by atoms with van der Waals surface area (Å²) in [4.78, 5) is 14.2. The lowest BCUT2D eigenvalue weighted by Gasteiger charge is -2.37. The van der Waals surface area contributed by atoms with Crippen LogP contribution in [-0.2, 0) is 4.79 Å². The van der Waals surface area contributed by atoms with Gasteiger partial charge in [0, 0.05) is 17.8 Å². The Kier molecular flexibility index (Phi) is 5.87. The van der Waals surface area contributed by atoms with Gasteiger partial charge >= 0.3 is 0 Å². The van der Waals surface area contributed by atoms with E-state index in [-0.39, 0.29) is 17.6 Å². The summed E-state index contributed by atoms with van der Waals surface area (Å²) < 4.78 is 6.00. The fourth-order valence-electron chi connectivity index (χ4n) is 2.89. The van der Waals surface area contributed by atoms with E-state index in [1.54, 1.807) is 19.1 Å². The highest BCUT2D eigenvalue weighted by Crippen LogP contribution is 2.40. The van der Waals surface area contributed by atoms with Crippen LogP contribution in [0.1, 0.15) is 39.3 Å². The van der Waals surface area contributed by atoms with E-state index in [9.17, 15) is 9.90 Å². The first-order valence-electron chi connectivity index (χ1n) is 7.76. The number of phenolic OH excluding ortho intramolecular Hbond substituents is 1. The van der Waals surface area contributed by atoms with Crippen LogP contribution in [0.3, 0.4) is 0 Å². The summed E-state index contributed by atoms with van der Waals surface area (Å²) >= 11 is 8.78. The first kappa shape index (κ1) is 18.7. The molecule has 0 radical (unpaired) electrons. The van der Waals surface area contributed by atoms with E-state index in [1.807, 2.05) is 25.7 Å². The Morgan fingerprint density at radius 3 is 2.67 bits per heavy atom. The van der Waals surface area contributed by atoms with Crippen molar-refractivity contribution in [3.05, 3.63) is 33.4 Å². The zero-order valence-electron chi connectivity index (χ0n) is 14.1. The summed E-state index contributed by atoms with van der Waals surface area (Å²) in [7, 11) is 0. The smallest absolute Gasteiger partial charge is 0.173 e. The summed E-state index contributed by atoms with van der Waals surface area (Å²) in [6.07, 6.45) is 0. The Bertz CT molecular complexity index is 718. The van der Waals surface area contributed by atoms with E-state index in [4.69, 9.17) is 17.0 Å². The van der Waals surface area contributed by atoms with Crippen molar-refractivity contribution in [2.45, 2.75) is 33.7 Å². The molecule has 0 aromatic heterocycles. The number of Topliss-reactive ketones (excluding diaryl/α,β-unsaturated/α-hetero) is 1. The fraction of sp³-hybridized carbons (Fsp3) is 0.412. The largest absolute Gasteiger partial charge is 0.503 e. The molecule has 1 aliphatic heterocycles. The fourth-order valence-corrected chi connectivity index (χ4v) is 3.74. The van der Waals surface area contributed by atoms with Crippen molar-refractivity contribution in [2.75, 3.05) is 13.2 Å². The van der Waals surface area contributed by atoms with Gasteiger partial charge in [-0.1, -0.05) is 0 Å². The van der Waals surface area contributed by atoms with Crippen molar-refractivity contribution >= 4 is 39.0 Å². The number of phenols is 1. The summed E-state index contributed by atoms with van der Waals surface area (Å²) in [5, 5.41) is 13.9. The molecule has 2 rings (SSSR count). The van der Waals surface area contributed by atoms with Gasteiger partial charge in [0.05, 0.1) is 17.1 Å². The third kappa shape index (κ3) is 3.42. The summed E-state index contributed by atoms with van der Waals surface area (Å²) in [5.74, 6) is 0.389. The first-order chi connectivity index (χ1) is 11.3. The van der Waals surface area contributed by atoms with Gasteiger partial charge in [-0.2, -0.15) is 0 Å². The molecule has 0 saturated carbocycles. The maximum absolute atomic E-state index is 12.3. The minimum absolute atomic E-state index is 0.0203. The number of carbonyl (C=O) groups excluding carboxylic acids is 1. The molecule has 0 amide bonds. The highest BCUT2D eigenvalue weighted by atomic mass is 79.9. The molecule has 7 heteroatoms. The quantitative estimate of drug-likeness (QED) is 0.719. The number of allylic oxidation sites excluding steroid dienone is 1. The molecule has 1 unspecified atom stereocenters. The average molecular weight is 413 g/mol. The van der Waals surface area contributed by atoms with Crippen LogP contribution in [0.2, 0.25) is 0 Å². The van der Waals surface area contributed by atoms with Gasteiger partial charge < -0.3 is 20.1 Å². The Labute approximate surface area is 155 Å². The molecule has 1 atom stereocenters. The molecule has 1 aliphatic rings. The molecule has 1 heterocycles. The molecule has 24 heavy (non-hydrogen) atoms. The Morgan fingerprint density at radius 2 is 2.12 bits per heavy atom. The third-order valence-corrected chi connectivity index (χ3v) is 4.92. The van der Waals surface area contributed by atoms with Crippen LogP contribution in [0.4, 0.5) is 0 Å². The van der Waals surface area contributed by atoms with E-state index in [0.29, 0.717) is 34.1 Å². The van der Waals surface area contributed by atoms with Gasteiger partial charge in [0.1, 0.15) is 0 Å². The number of nitrogens with zero attached hydrogens (tertiary/aromatic N) is 1. The second-order valence-corrected chi connectivity index (χ2v) is 6.71. The number of ketones is 1. The van der Waals surface area contributed by atoms with Crippen molar-refractivity contribution in [3.8, 4) is 11.5 Å². The lowest BCUT2D eigenvalue weighted by Crippen LogP contribution is -2.47. The van der Waals surface area contributed by atoms with E-state index >= 15 is 0 Å². The molecule has 0 bridgehead atoms. The standard InChI is InChI=1S/C17H21BrN2O3S/c1-5-20-9(3)14(10(4)21)15(19-17(20)24)11-7-12(18)16(22)13(8-11)23-6-2/h7-8,15,22H,5-6H2,1-4H3,(H,19,24). The Hall–Kier alpha value is -1.60. The highest BCUT2D eigenvalue weighted by molar-refractivity contribution is 9.10. The number of thiocarbonyl (C=S) groups is 1. The highest BCUT2D eigenvalue weighted by Gasteiger charge is 2.32. The number of nitrogens with one attached hydrogen (secondary N) is 1. The van der Waals surface area contributed by atoms with Crippen LogP contribution >= 0.6 is 28.1 Å². The third-order valence-electron chi connectivity index (χ3n) is 3.98. The monoisotopic (exact) mass is 412 g/mol. The second kappa shape index (κ2) is 7.53. The Balaban J connectivity index is 2.60. The lowest BCUT2D eigenvalue weighted by molar-refractivity contribution is -0.114. The van der Waals surface area contributed by atoms with Crippen molar-refractivity contribution in [1.82, 2.24) is 10.2 Å². The molecule has 5 nitrogen and oxygen atoms in total. The Morgan fingerprint density at radius 1 is 1.46 bits per heavy atom. The SMILES string of the molecule is CCOc1cc(C2NC(=S)N(CC)C(C)=C2C(C)=O)cc(Br)c1O. The molecular formula is C17H21BrN2O3S. The van der Waals surface area contributed by atoms with Gasteiger partial charge in [0.25, 0.3) is 0 Å². The minimum Gasteiger partial charge on any atom is -0.503 e. The van der Waals surface area contributed by atoms with Crippen molar-refractivity contribution in [1.29, 1.82) is 0 Å². The number of hydrogen-bond acceptors (Lipinski definition) is 4. The number of ether oxygens (including phenoxy) is 1. The van der Waals surface area contributed by atoms with Gasteiger partial charge in [-0.05, 0) is 73.5 Å². The normalized spacial score (nSPS) is 17.8. The molecule has 130 valence electrons. The van der Waals surface area contributed by atoms with Crippen LogP contribution in [0.25, 0.3) is 0 Å². The van der Waals surface area contributed by atoms with Crippen molar-refractivity contribution < 1.29 is 14.6 Å². The maximum Gasteiger partial charge on any atom is 0.173 e. The van der Waals surface area contributed by atoms with Gasteiger partial charge in [-0.15, -0.1) is 0 Å². The number of carbonyl (C=O) groups is 1. The zero-order chi connectivity index (χ0) is 18.0. The minimum atomic E-state index is -0.381. The van der Waals surface area contributed by atoms with E-state index in [1.165, 1.54) is 0 Å². The van der Waals surface area contributed by atoms with Gasteiger partial charge in [0.15, 0.2) is 22.4 Å². The summed E-state index contributed by atoms with van der Waals surface area (Å²) in [6, 6.07) is 3.13. The van der Waals surface area contributed by atoms with E-state index < -0.39 is 0 Å². The van der Waals surface area contributed by atoms with Crippen molar-refractivity contribution in [2.24, 2.45) is 0 Å². The first-order valence-corrected chi connectivity index (χ1v) is 8.96. The summed E-state index contributed by atoms with van der Waals surface area (Å²) in [6.45, 7) is 8.40. The van der Waals surface area contributed by atoms with Crippen LogP contribution in [-0.4, -0.2) is 34.1 Å². The van der Waals surface area contributed by atoms with Crippen LogP contribution in [0, 0.1) is 0 Å². The van der Waals surface area contributed by atoms with Gasteiger partial charge in [-0.3, -0.25) is 4.79 Å². The average Bonchev–Trinajstić information content (AvgIpc) is 2.51. The van der Waals surface area contributed by atoms with Crippen LogP contribution in [0.15, 0.2) is 27.9 Å². The topological polar surface area (TPSA) is 61.8 Å². The van der Waals surface area contributed by atoms with Crippen molar-refractivity contribution in [3.63, 3.8) is 0 Å². The maximum atomic E-state index is 12.3. The number of rotatable bonds is 5. The molecule has 2 N–H and O–H groups in total. The molecule has 1 aromatic rings. The molecular weight excluding hydrogens is 392 g/mol. The van der Waals surface area contributed by atoms with Crippen LogP contribution in [0.5, 0.6) is 11.5 Å². The number of halogens is 1.